The SMILES string of the molecule is CC1SC(=O)NN=C1c1cc(Cl)c2c(c1)C(C)(C)NC2=O. The zero-order chi connectivity index (χ0) is 15.4. The number of rotatable bonds is 1. The normalized spacial score (nSPS) is 23.2. The van der Waals surface area contributed by atoms with E-state index in [2.05, 4.69) is 15.8 Å². The Labute approximate surface area is 131 Å². The van der Waals surface area contributed by atoms with Gasteiger partial charge in [0.1, 0.15) is 0 Å². The van der Waals surface area contributed by atoms with Crippen molar-refractivity contribution in [1.29, 1.82) is 0 Å². The van der Waals surface area contributed by atoms with E-state index in [9.17, 15) is 9.59 Å². The van der Waals surface area contributed by atoms with E-state index < -0.39 is 5.54 Å². The van der Waals surface area contributed by atoms with Gasteiger partial charge in [-0.2, -0.15) is 5.10 Å². The van der Waals surface area contributed by atoms with Crippen LogP contribution in [0, 0.1) is 0 Å². The van der Waals surface area contributed by atoms with E-state index in [1.54, 1.807) is 6.07 Å². The molecule has 3 rings (SSSR count). The summed E-state index contributed by atoms with van der Waals surface area (Å²) in [5.74, 6) is -0.159. The van der Waals surface area contributed by atoms with Gasteiger partial charge in [0.15, 0.2) is 0 Å². The summed E-state index contributed by atoms with van der Waals surface area (Å²) in [5.41, 5.74) is 4.94. The number of benzene rings is 1. The zero-order valence-corrected chi connectivity index (χ0v) is 13.4. The Hall–Kier alpha value is -1.53. The average Bonchev–Trinajstić information content (AvgIpc) is 2.59. The predicted molar refractivity (Wildman–Crippen MR) is 84.1 cm³/mol. The Bertz CT molecular complexity index is 700. The summed E-state index contributed by atoms with van der Waals surface area (Å²) in [6, 6.07) is 3.65. The maximum absolute atomic E-state index is 12.0. The van der Waals surface area contributed by atoms with Crippen molar-refractivity contribution in [3.63, 3.8) is 0 Å². The molecular formula is C14H14ClN3O2S. The molecular weight excluding hydrogens is 310 g/mol. The standard InChI is InChI=1S/C14H14ClN3O2S/c1-6-11(17-18-13(20)21-6)7-4-8-10(9(15)5-7)12(19)16-14(8,2)3/h4-6H,1-3H3,(H,16,19)(H,18,20). The summed E-state index contributed by atoms with van der Waals surface area (Å²) in [7, 11) is 0. The minimum absolute atomic E-state index is 0.0685. The second-order valence-electron chi connectivity index (χ2n) is 5.62. The number of fused-ring (bicyclic) bond motifs is 1. The molecule has 0 fully saturated rings. The highest BCUT2D eigenvalue weighted by Gasteiger charge is 2.37. The first kappa shape index (κ1) is 14.4. The van der Waals surface area contributed by atoms with Crippen molar-refractivity contribution in [1.82, 2.24) is 10.7 Å². The van der Waals surface area contributed by atoms with E-state index in [-0.39, 0.29) is 16.4 Å². The third-order valence-corrected chi connectivity index (χ3v) is 4.83. The smallest absolute Gasteiger partial charge is 0.299 e. The molecule has 2 aliphatic heterocycles. The fourth-order valence-electron chi connectivity index (χ4n) is 2.63. The molecule has 0 radical (unpaired) electrons. The molecule has 2 aliphatic rings. The number of halogens is 1. The summed E-state index contributed by atoms with van der Waals surface area (Å²) in [6.07, 6.45) is 0. The van der Waals surface area contributed by atoms with Gasteiger partial charge in [0.2, 0.25) is 0 Å². The van der Waals surface area contributed by atoms with Crippen molar-refractivity contribution >= 4 is 40.2 Å². The summed E-state index contributed by atoms with van der Waals surface area (Å²) in [5, 5.41) is 7.20. The van der Waals surface area contributed by atoms with Gasteiger partial charge >= 0.3 is 0 Å². The molecule has 21 heavy (non-hydrogen) atoms. The van der Waals surface area contributed by atoms with Crippen LogP contribution in [-0.4, -0.2) is 22.1 Å². The zero-order valence-electron chi connectivity index (χ0n) is 11.8. The van der Waals surface area contributed by atoms with Crippen LogP contribution in [0.2, 0.25) is 5.02 Å². The second kappa shape index (κ2) is 4.74. The lowest BCUT2D eigenvalue weighted by molar-refractivity contribution is 0.0940. The summed E-state index contributed by atoms with van der Waals surface area (Å²) < 4.78 is 0. The fourth-order valence-corrected chi connectivity index (χ4v) is 3.66. The van der Waals surface area contributed by atoms with Gasteiger partial charge in [0, 0.05) is 5.56 Å². The van der Waals surface area contributed by atoms with E-state index in [0.717, 1.165) is 16.8 Å². The molecule has 1 unspecified atom stereocenters. The molecule has 2 heterocycles. The molecule has 5 nitrogen and oxygen atoms in total. The van der Waals surface area contributed by atoms with Gasteiger partial charge < -0.3 is 5.32 Å². The van der Waals surface area contributed by atoms with Crippen molar-refractivity contribution in [3.05, 3.63) is 33.8 Å². The van der Waals surface area contributed by atoms with Crippen LogP contribution in [0.1, 0.15) is 42.3 Å². The van der Waals surface area contributed by atoms with E-state index >= 15 is 0 Å². The molecule has 0 saturated carbocycles. The Kier molecular flexibility index (Phi) is 3.26. The topological polar surface area (TPSA) is 70.6 Å². The quantitative estimate of drug-likeness (QED) is 0.835. The van der Waals surface area contributed by atoms with E-state index in [1.165, 1.54) is 11.8 Å². The van der Waals surface area contributed by atoms with E-state index in [4.69, 9.17) is 11.6 Å². The lowest BCUT2D eigenvalue weighted by Crippen LogP contribution is -2.33. The van der Waals surface area contributed by atoms with Gasteiger partial charge in [-0.3, -0.25) is 9.59 Å². The molecule has 0 aromatic heterocycles. The first-order valence-corrected chi connectivity index (χ1v) is 7.76. The Morgan fingerprint density at radius 1 is 1.33 bits per heavy atom. The number of carbonyl (C=O) groups is 2. The maximum atomic E-state index is 12.0. The molecule has 0 aliphatic carbocycles. The highest BCUT2D eigenvalue weighted by molar-refractivity contribution is 8.14. The van der Waals surface area contributed by atoms with Gasteiger partial charge in [0.25, 0.3) is 11.1 Å². The average molecular weight is 324 g/mol. The van der Waals surface area contributed by atoms with Crippen molar-refractivity contribution in [2.75, 3.05) is 0 Å². The molecule has 1 atom stereocenters. The number of hydrogen-bond donors (Lipinski definition) is 2. The molecule has 2 N–H and O–H groups in total. The van der Waals surface area contributed by atoms with Crippen LogP contribution < -0.4 is 10.7 Å². The summed E-state index contributed by atoms with van der Waals surface area (Å²) >= 11 is 7.46. The number of nitrogens with zero attached hydrogens (tertiary/aromatic N) is 1. The van der Waals surface area contributed by atoms with Crippen LogP contribution in [-0.2, 0) is 5.54 Å². The number of thioether (sulfide) groups is 1. The van der Waals surface area contributed by atoms with Crippen LogP contribution in [0.3, 0.4) is 0 Å². The Balaban J connectivity index is 2.13. The molecule has 0 saturated heterocycles. The monoisotopic (exact) mass is 323 g/mol. The summed E-state index contributed by atoms with van der Waals surface area (Å²) in [6.45, 7) is 5.77. The van der Waals surface area contributed by atoms with E-state index in [0.29, 0.717) is 10.6 Å². The Morgan fingerprint density at radius 3 is 2.71 bits per heavy atom. The van der Waals surface area contributed by atoms with Crippen molar-refractivity contribution in [2.24, 2.45) is 5.10 Å². The third kappa shape index (κ3) is 2.32. The van der Waals surface area contributed by atoms with Gasteiger partial charge in [-0.25, -0.2) is 5.43 Å². The van der Waals surface area contributed by atoms with Crippen molar-refractivity contribution < 1.29 is 9.59 Å². The molecule has 2 amide bonds. The van der Waals surface area contributed by atoms with Gasteiger partial charge in [0.05, 0.1) is 27.1 Å². The number of hydrogen-bond acceptors (Lipinski definition) is 4. The molecule has 1 aromatic carbocycles. The fraction of sp³-hybridized carbons (Fsp3) is 0.357. The maximum Gasteiger partial charge on any atom is 0.299 e. The summed E-state index contributed by atoms with van der Waals surface area (Å²) in [4.78, 5) is 23.3. The van der Waals surface area contributed by atoms with Gasteiger partial charge in [-0.05, 0) is 38.5 Å². The van der Waals surface area contributed by atoms with Crippen molar-refractivity contribution in [2.45, 2.75) is 31.6 Å². The number of nitrogens with one attached hydrogen (secondary N) is 2. The van der Waals surface area contributed by atoms with Crippen LogP contribution in [0.4, 0.5) is 4.79 Å². The third-order valence-electron chi connectivity index (χ3n) is 3.65. The first-order chi connectivity index (χ1) is 9.79. The lowest BCUT2D eigenvalue weighted by atomic mass is 9.91. The molecule has 7 heteroatoms. The number of carbonyl (C=O) groups excluding carboxylic acids is 2. The minimum atomic E-state index is -0.471. The van der Waals surface area contributed by atoms with Gasteiger partial charge in [-0.1, -0.05) is 23.4 Å². The largest absolute Gasteiger partial charge is 0.343 e. The highest BCUT2D eigenvalue weighted by Crippen LogP contribution is 2.36. The molecule has 0 bridgehead atoms. The highest BCUT2D eigenvalue weighted by atomic mass is 35.5. The van der Waals surface area contributed by atoms with Crippen LogP contribution in [0.15, 0.2) is 17.2 Å². The number of hydrazone groups is 1. The van der Waals surface area contributed by atoms with Gasteiger partial charge in [-0.15, -0.1) is 0 Å². The van der Waals surface area contributed by atoms with Crippen molar-refractivity contribution in [3.8, 4) is 0 Å². The Morgan fingerprint density at radius 2 is 2.05 bits per heavy atom. The molecule has 110 valence electrons. The molecule has 1 aromatic rings. The van der Waals surface area contributed by atoms with Crippen LogP contribution in [0.25, 0.3) is 0 Å². The van der Waals surface area contributed by atoms with E-state index in [1.807, 2.05) is 26.8 Å². The lowest BCUT2D eigenvalue weighted by Gasteiger charge is -2.22. The predicted octanol–water partition coefficient (Wildman–Crippen LogP) is 2.87. The van der Waals surface area contributed by atoms with Crippen LogP contribution >= 0.6 is 23.4 Å². The number of amides is 2. The van der Waals surface area contributed by atoms with Crippen LogP contribution in [0.5, 0.6) is 0 Å². The molecule has 0 spiro atoms. The first-order valence-electron chi connectivity index (χ1n) is 6.50. The second-order valence-corrected chi connectivity index (χ2v) is 7.34. The minimum Gasteiger partial charge on any atom is -0.343 e.